The van der Waals surface area contributed by atoms with Gasteiger partial charge in [0.25, 0.3) is 0 Å². The van der Waals surface area contributed by atoms with Crippen LogP contribution in [0.2, 0.25) is 0 Å². The maximum atomic E-state index is 8.96. The van der Waals surface area contributed by atoms with Gasteiger partial charge in [-0.25, -0.2) is 0 Å². The molecule has 0 aromatic heterocycles. The second kappa shape index (κ2) is 6.85. The molecule has 0 aliphatic carbocycles. The SMILES string of the molecule is CCC(N)(C#N)CCCN1CCCOCC1. The van der Waals surface area contributed by atoms with Gasteiger partial charge in [0.15, 0.2) is 0 Å². The molecule has 1 atom stereocenters. The summed E-state index contributed by atoms with van der Waals surface area (Å²) in [6, 6.07) is 2.21. The molecule has 0 bridgehead atoms. The van der Waals surface area contributed by atoms with Crippen molar-refractivity contribution in [2.45, 2.75) is 38.1 Å². The van der Waals surface area contributed by atoms with Crippen LogP contribution in [0, 0.1) is 11.3 Å². The van der Waals surface area contributed by atoms with E-state index in [1.54, 1.807) is 0 Å². The molecule has 0 spiro atoms. The van der Waals surface area contributed by atoms with Crippen LogP contribution in [-0.2, 0) is 4.74 Å². The molecule has 16 heavy (non-hydrogen) atoms. The van der Waals surface area contributed by atoms with Crippen molar-refractivity contribution in [3.63, 3.8) is 0 Å². The van der Waals surface area contributed by atoms with E-state index >= 15 is 0 Å². The lowest BCUT2D eigenvalue weighted by Crippen LogP contribution is -2.38. The molecule has 0 aromatic rings. The molecule has 0 saturated carbocycles. The summed E-state index contributed by atoms with van der Waals surface area (Å²) in [4.78, 5) is 2.40. The van der Waals surface area contributed by atoms with E-state index in [4.69, 9.17) is 15.7 Å². The van der Waals surface area contributed by atoms with Crippen molar-refractivity contribution in [2.24, 2.45) is 5.73 Å². The lowest BCUT2D eigenvalue weighted by atomic mass is 9.93. The predicted octanol–water partition coefficient (Wildman–Crippen LogP) is 1.12. The maximum Gasteiger partial charge on any atom is 0.104 e. The van der Waals surface area contributed by atoms with E-state index in [1.165, 1.54) is 0 Å². The summed E-state index contributed by atoms with van der Waals surface area (Å²) >= 11 is 0. The minimum atomic E-state index is -0.623. The van der Waals surface area contributed by atoms with Crippen LogP contribution in [0.3, 0.4) is 0 Å². The highest BCUT2D eigenvalue weighted by molar-refractivity contribution is 5.03. The summed E-state index contributed by atoms with van der Waals surface area (Å²) < 4.78 is 5.40. The second-order valence-corrected chi connectivity index (χ2v) is 4.53. The maximum absolute atomic E-state index is 8.96. The van der Waals surface area contributed by atoms with Crippen LogP contribution in [0.1, 0.15) is 32.6 Å². The van der Waals surface area contributed by atoms with Gasteiger partial charge in [-0.15, -0.1) is 0 Å². The van der Waals surface area contributed by atoms with Gasteiger partial charge in [0, 0.05) is 19.7 Å². The van der Waals surface area contributed by atoms with Gasteiger partial charge < -0.3 is 15.4 Å². The fraction of sp³-hybridized carbons (Fsp3) is 0.917. The Labute approximate surface area is 98.4 Å². The predicted molar refractivity (Wildman–Crippen MR) is 63.9 cm³/mol. The van der Waals surface area contributed by atoms with Crippen molar-refractivity contribution in [1.29, 1.82) is 5.26 Å². The minimum absolute atomic E-state index is 0.623. The smallest absolute Gasteiger partial charge is 0.104 e. The van der Waals surface area contributed by atoms with Crippen LogP contribution in [0.4, 0.5) is 0 Å². The molecule has 1 aliphatic heterocycles. The Morgan fingerprint density at radius 1 is 1.44 bits per heavy atom. The third-order valence-corrected chi connectivity index (χ3v) is 3.27. The van der Waals surface area contributed by atoms with Gasteiger partial charge in [-0.05, 0) is 32.2 Å². The zero-order valence-electron chi connectivity index (χ0n) is 10.2. The Balaban J connectivity index is 2.21. The Morgan fingerprint density at radius 3 is 2.94 bits per heavy atom. The molecule has 92 valence electrons. The molecule has 1 unspecified atom stereocenters. The third kappa shape index (κ3) is 4.48. The van der Waals surface area contributed by atoms with Crippen LogP contribution in [0.5, 0.6) is 0 Å². The van der Waals surface area contributed by atoms with Gasteiger partial charge in [-0.2, -0.15) is 5.26 Å². The first-order valence-corrected chi connectivity index (χ1v) is 6.20. The molecule has 0 radical (unpaired) electrons. The monoisotopic (exact) mass is 225 g/mol. The molecular formula is C12H23N3O. The summed E-state index contributed by atoms with van der Waals surface area (Å²) in [5, 5.41) is 8.96. The highest BCUT2D eigenvalue weighted by Gasteiger charge is 2.21. The number of nitrogens with zero attached hydrogens (tertiary/aromatic N) is 2. The molecule has 0 amide bonds. The van der Waals surface area contributed by atoms with Crippen molar-refractivity contribution in [3.8, 4) is 6.07 Å². The van der Waals surface area contributed by atoms with Crippen molar-refractivity contribution in [3.05, 3.63) is 0 Å². The average molecular weight is 225 g/mol. The fourth-order valence-electron chi connectivity index (χ4n) is 1.95. The molecule has 1 fully saturated rings. The lowest BCUT2D eigenvalue weighted by molar-refractivity contribution is 0.141. The Bertz CT molecular complexity index is 231. The van der Waals surface area contributed by atoms with Gasteiger partial charge >= 0.3 is 0 Å². The number of hydrogen-bond donors (Lipinski definition) is 1. The summed E-state index contributed by atoms with van der Waals surface area (Å²) in [5.74, 6) is 0. The van der Waals surface area contributed by atoms with Gasteiger partial charge in [0.2, 0.25) is 0 Å². The van der Waals surface area contributed by atoms with Crippen LogP contribution in [0.15, 0.2) is 0 Å². The quantitative estimate of drug-likeness (QED) is 0.761. The average Bonchev–Trinajstić information content (AvgIpc) is 2.57. The van der Waals surface area contributed by atoms with Crippen molar-refractivity contribution in [2.75, 3.05) is 32.8 Å². The molecule has 1 aliphatic rings. The second-order valence-electron chi connectivity index (χ2n) is 4.53. The van der Waals surface area contributed by atoms with E-state index in [0.717, 1.165) is 58.5 Å². The highest BCUT2D eigenvalue weighted by Crippen LogP contribution is 2.13. The molecule has 4 nitrogen and oxygen atoms in total. The first-order chi connectivity index (χ1) is 7.70. The van der Waals surface area contributed by atoms with Crippen molar-refractivity contribution < 1.29 is 4.74 Å². The molecular weight excluding hydrogens is 202 g/mol. The zero-order valence-corrected chi connectivity index (χ0v) is 10.2. The number of nitrogens with two attached hydrogens (primary N) is 1. The van der Waals surface area contributed by atoms with E-state index < -0.39 is 5.54 Å². The van der Waals surface area contributed by atoms with E-state index in [-0.39, 0.29) is 0 Å². The van der Waals surface area contributed by atoms with Crippen LogP contribution in [0.25, 0.3) is 0 Å². The normalized spacial score (nSPS) is 22.1. The minimum Gasteiger partial charge on any atom is -0.380 e. The molecule has 1 rings (SSSR count). The number of rotatable bonds is 5. The fourth-order valence-corrected chi connectivity index (χ4v) is 1.95. The first-order valence-electron chi connectivity index (χ1n) is 6.20. The summed E-state index contributed by atoms with van der Waals surface area (Å²) in [5.41, 5.74) is 5.32. The van der Waals surface area contributed by atoms with Gasteiger partial charge in [-0.3, -0.25) is 0 Å². The number of hydrogen-bond acceptors (Lipinski definition) is 4. The van der Waals surface area contributed by atoms with Crippen molar-refractivity contribution in [1.82, 2.24) is 4.90 Å². The van der Waals surface area contributed by atoms with E-state index in [2.05, 4.69) is 11.0 Å². The third-order valence-electron chi connectivity index (χ3n) is 3.27. The molecule has 1 saturated heterocycles. The van der Waals surface area contributed by atoms with Gasteiger partial charge in [0.05, 0.1) is 12.7 Å². The Kier molecular flexibility index (Phi) is 5.75. The topological polar surface area (TPSA) is 62.3 Å². The Morgan fingerprint density at radius 2 is 2.25 bits per heavy atom. The van der Waals surface area contributed by atoms with Crippen LogP contribution < -0.4 is 5.73 Å². The Hall–Kier alpha value is -0.630. The molecule has 1 heterocycles. The largest absolute Gasteiger partial charge is 0.380 e. The van der Waals surface area contributed by atoms with Crippen LogP contribution in [-0.4, -0.2) is 43.3 Å². The molecule has 0 aromatic carbocycles. The first kappa shape index (κ1) is 13.4. The van der Waals surface area contributed by atoms with Gasteiger partial charge in [0.1, 0.15) is 5.54 Å². The number of ether oxygens (including phenoxy) is 1. The van der Waals surface area contributed by atoms with E-state index in [0.29, 0.717) is 0 Å². The number of nitriles is 1. The van der Waals surface area contributed by atoms with E-state index in [1.807, 2.05) is 6.92 Å². The van der Waals surface area contributed by atoms with Gasteiger partial charge in [-0.1, -0.05) is 6.92 Å². The summed E-state index contributed by atoms with van der Waals surface area (Å²) in [7, 11) is 0. The highest BCUT2D eigenvalue weighted by atomic mass is 16.5. The lowest BCUT2D eigenvalue weighted by Gasteiger charge is -2.23. The summed E-state index contributed by atoms with van der Waals surface area (Å²) in [6.07, 6.45) is 3.63. The molecule has 4 heteroatoms. The summed E-state index contributed by atoms with van der Waals surface area (Å²) in [6.45, 7) is 6.84. The van der Waals surface area contributed by atoms with Crippen LogP contribution >= 0.6 is 0 Å². The zero-order chi connectivity index (χ0) is 11.9. The standard InChI is InChI=1S/C12H23N3O/c1-2-12(14,11-13)5-3-6-15-7-4-9-16-10-8-15/h2-10,14H2,1H3. The van der Waals surface area contributed by atoms with E-state index in [9.17, 15) is 0 Å². The van der Waals surface area contributed by atoms with Crippen molar-refractivity contribution >= 4 is 0 Å². The molecule has 2 N–H and O–H groups in total.